The van der Waals surface area contributed by atoms with Crippen molar-refractivity contribution in [2.24, 2.45) is 11.0 Å². The Morgan fingerprint density at radius 2 is 2.17 bits per heavy atom. The average Bonchev–Trinajstić information content (AvgIpc) is 2.29. The van der Waals surface area contributed by atoms with Gasteiger partial charge in [-0.15, -0.1) is 0 Å². The summed E-state index contributed by atoms with van der Waals surface area (Å²) in [6.07, 6.45) is 0.809. The Hall–Kier alpha value is -2.04. The number of carbonyl (C=O) groups excluding carboxylic acids is 1. The summed E-state index contributed by atoms with van der Waals surface area (Å²) in [7, 11) is 0. The van der Waals surface area contributed by atoms with E-state index in [1.54, 1.807) is 6.07 Å². The van der Waals surface area contributed by atoms with Crippen LogP contribution in [-0.2, 0) is 0 Å². The summed E-state index contributed by atoms with van der Waals surface area (Å²) < 4.78 is 0. The molecule has 0 radical (unpaired) electrons. The van der Waals surface area contributed by atoms with Gasteiger partial charge in [0.15, 0.2) is 5.75 Å². The van der Waals surface area contributed by atoms with E-state index in [0.29, 0.717) is 5.92 Å². The highest BCUT2D eigenvalue weighted by Crippen LogP contribution is 2.23. The molecular weight excluding hydrogens is 230 g/mol. The number of nitrogen functional groups attached to an aromatic ring is 1. The number of phenols is 1. The van der Waals surface area contributed by atoms with E-state index >= 15 is 0 Å². The second-order valence-corrected chi connectivity index (χ2v) is 4.63. The van der Waals surface area contributed by atoms with Crippen LogP contribution in [0.1, 0.15) is 37.6 Å². The molecule has 1 amide bonds. The minimum Gasteiger partial charge on any atom is -0.505 e. The third-order valence-electron chi connectivity index (χ3n) is 2.36. The second-order valence-electron chi connectivity index (χ2n) is 4.63. The molecule has 0 fully saturated rings. The van der Waals surface area contributed by atoms with Gasteiger partial charge in [0.05, 0.1) is 11.3 Å². The molecule has 1 aromatic carbocycles. The zero-order chi connectivity index (χ0) is 13.7. The number of hydrogen-bond donors (Lipinski definition) is 3. The summed E-state index contributed by atoms with van der Waals surface area (Å²) in [6, 6.07) is 4.63. The predicted octanol–water partition coefficient (Wildman–Crippen LogP) is 2.13. The lowest BCUT2D eigenvalue weighted by atomic mass is 10.1. The molecule has 0 heterocycles. The number of benzene rings is 1. The van der Waals surface area contributed by atoms with Crippen LogP contribution >= 0.6 is 0 Å². The van der Waals surface area contributed by atoms with Crippen molar-refractivity contribution in [3.05, 3.63) is 23.8 Å². The minimum absolute atomic E-state index is 0.121. The highest BCUT2D eigenvalue weighted by atomic mass is 16.3. The van der Waals surface area contributed by atoms with Gasteiger partial charge < -0.3 is 10.8 Å². The molecule has 0 atom stereocenters. The van der Waals surface area contributed by atoms with Gasteiger partial charge in [-0.3, -0.25) is 4.79 Å². The van der Waals surface area contributed by atoms with Crippen molar-refractivity contribution < 1.29 is 9.90 Å². The first-order chi connectivity index (χ1) is 8.41. The highest BCUT2D eigenvalue weighted by molar-refractivity contribution is 5.99. The monoisotopic (exact) mass is 249 g/mol. The molecule has 18 heavy (non-hydrogen) atoms. The first-order valence-electron chi connectivity index (χ1n) is 5.82. The number of nitrogens with two attached hydrogens (primary N) is 1. The maximum Gasteiger partial charge on any atom is 0.275 e. The molecule has 4 N–H and O–H groups in total. The number of amides is 1. The molecule has 0 aromatic heterocycles. The number of aromatic hydroxyl groups is 1. The van der Waals surface area contributed by atoms with Crippen LogP contribution in [0.25, 0.3) is 0 Å². The lowest BCUT2D eigenvalue weighted by Crippen LogP contribution is -2.19. The smallest absolute Gasteiger partial charge is 0.275 e. The SMILES string of the molecule is C/C(CC(C)C)=N\NC(=O)c1cccc(N)c1O. The van der Waals surface area contributed by atoms with Crippen LogP contribution in [0.4, 0.5) is 5.69 Å². The maximum atomic E-state index is 11.8. The van der Waals surface area contributed by atoms with E-state index in [-0.39, 0.29) is 17.0 Å². The third kappa shape index (κ3) is 3.76. The Balaban J connectivity index is 2.74. The lowest BCUT2D eigenvalue weighted by Gasteiger charge is -2.07. The first kappa shape index (κ1) is 14.0. The highest BCUT2D eigenvalue weighted by Gasteiger charge is 2.12. The Morgan fingerprint density at radius 3 is 2.78 bits per heavy atom. The van der Waals surface area contributed by atoms with Gasteiger partial charge in [0.2, 0.25) is 0 Å². The van der Waals surface area contributed by atoms with Crippen molar-refractivity contribution in [3.63, 3.8) is 0 Å². The standard InChI is InChI=1S/C13H19N3O2/c1-8(2)7-9(3)15-16-13(18)10-5-4-6-11(14)12(10)17/h4-6,8,17H,7,14H2,1-3H3,(H,16,18)/b15-9+. The molecule has 0 aliphatic carbocycles. The average molecular weight is 249 g/mol. The minimum atomic E-state index is -0.470. The fourth-order valence-corrected chi connectivity index (χ4v) is 1.59. The van der Waals surface area contributed by atoms with Gasteiger partial charge in [0, 0.05) is 5.71 Å². The van der Waals surface area contributed by atoms with Crippen LogP contribution in [0.3, 0.4) is 0 Å². The molecule has 0 saturated heterocycles. The van der Waals surface area contributed by atoms with Crippen molar-refractivity contribution in [3.8, 4) is 5.75 Å². The summed E-state index contributed by atoms with van der Waals surface area (Å²) in [4.78, 5) is 11.8. The molecule has 1 rings (SSSR count). The number of hydrogen-bond acceptors (Lipinski definition) is 4. The number of anilines is 1. The van der Waals surface area contributed by atoms with Crippen LogP contribution in [0, 0.1) is 5.92 Å². The topological polar surface area (TPSA) is 87.7 Å². The number of rotatable bonds is 4. The second kappa shape index (κ2) is 6.05. The van der Waals surface area contributed by atoms with E-state index in [1.165, 1.54) is 12.1 Å². The maximum absolute atomic E-state index is 11.8. The molecule has 1 aromatic rings. The van der Waals surface area contributed by atoms with Gasteiger partial charge in [-0.25, -0.2) is 5.43 Å². The van der Waals surface area contributed by atoms with E-state index in [0.717, 1.165) is 12.1 Å². The molecule has 0 saturated carbocycles. The first-order valence-corrected chi connectivity index (χ1v) is 5.82. The summed E-state index contributed by atoms with van der Waals surface area (Å²) in [5.74, 6) is -0.207. The Bertz CT molecular complexity index is 467. The fraction of sp³-hybridized carbons (Fsp3) is 0.385. The van der Waals surface area contributed by atoms with Crippen LogP contribution < -0.4 is 11.2 Å². The van der Waals surface area contributed by atoms with Gasteiger partial charge in [0.1, 0.15) is 0 Å². The zero-order valence-electron chi connectivity index (χ0n) is 10.9. The summed E-state index contributed by atoms with van der Waals surface area (Å²) in [5.41, 5.74) is 9.05. The molecule has 0 aliphatic rings. The van der Waals surface area contributed by atoms with E-state index in [9.17, 15) is 9.90 Å². The molecule has 0 unspecified atom stereocenters. The largest absolute Gasteiger partial charge is 0.505 e. The number of nitrogens with zero attached hydrogens (tertiary/aromatic N) is 1. The van der Waals surface area contributed by atoms with Crippen molar-refractivity contribution in [1.82, 2.24) is 5.43 Å². The molecule has 0 bridgehead atoms. The van der Waals surface area contributed by atoms with Crippen molar-refractivity contribution in [2.45, 2.75) is 27.2 Å². The molecule has 0 aliphatic heterocycles. The summed E-state index contributed by atoms with van der Waals surface area (Å²) in [6.45, 7) is 5.99. The zero-order valence-corrected chi connectivity index (χ0v) is 10.9. The molecular formula is C13H19N3O2. The molecule has 98 valence electrons. The van der Waals surface area contributed by atoms with Crippen LogP contribution in [-0.4, -0.2) is 16.7 Å². The van der Waals surface area contributed by atoms with Crippen LogP contribution in [0.5, 0.6) is 5.75 Å². The van der Waals surface area contributed by atoms with Crippen LogP contribution in [0.2, 0.25) is 0 Å². The number of hydrazone groups is 1. The molecule has 5 heteroatoms. The molecule has 0 spiro atoms. The van der Waals surface area contributed by atoms with Gasteiger partial charge in [0.25, 0.3) is 5.91 Å². The van der Waals surface area contributed by atoms with Gasteiger partial charge in [-0.2, -0.15) is 5.10 Å². The normalized spacial score (nSPS) is 11.7. The Kier molecular flexibility index (Phi) is 4.71. The number of nitrogens with one attached hydrogen (secondary N) is 1. The van der Waals surface area contributed by atoms with E-state index < -0.39 is 5.91 Å². The van der Waals surface area contributed by atoms with E-state index in [2.05, 4.69) is 24.4 Å². The predicted molar refractivity (Wildman–Crippen MR) is 72.5 cm³/mol. The fourth-order valence-electron chi connectivity index (χ4n) is 1.59. The van der Waals surface area contributed by atoms with Gasteiger partial charge in [-0.1, -0.05) is 19.9 Å². The lowest BCUT2D eigenvalue weighted by molar-refractivity contribution is 0.0952. The van der Waals surface area contributed by atoms with Crippen LogP contribution in [0.15, 0.2) is 23.3 Å². The summed E-state index contributed by atoms with van der Waals surface area (Å²) in [5, 5.41) is 13.6. The van der Waals surface area contributed by atoms with Crippen molar-refractivity contribution in [1.29, 1.82) is 0 Å². The Morgan fingerprint density at radius 1 is 1.50 bits per heavy atom. The van der Waals surface area contributed by atoms with Crippen molar-refractivity contribution in [2.75, 3.05) is 5.73 Å². The third-order valence-corrected chi connectivity index (χ3v) is 2.36. The number of phenolic OH excluding ortho intramolecular Hbond substituents is 1. The number of para-hydroxylation sites is 1. The number of carbonyl (C=O) groups is 1. The Labute approximate surface area is 107 Å². The summed E-state index contributed by atoms with van der Waals surface area (Å²) >= 11 is 0. The van der Waals surface area contributed by atoms with Crippen molar-refractivity contribution >= 4 is 17.3 Å². The van der Waals surface area contributed by atoms with Gasteiger partial charge >= 0.3 is 0 Å². The van der Waals surface area contributed by atoms with E-state index in [1.807, 2.05) is 6.92 Å². The molecule has 5 nitrogen and oxygen atoms in total. The van der Waals surface area contributed by atoms with Gasteiger partial charge in [-0.05, 0) is 31.4 Å². The quantitative estimate of drug-likeness (QED) is 0.330. The van der Waals surface area contributed by atoms with E-state index in [4.69, 9.17) is 5.73 Å².